The van der Waals surface area contributed by atoms with Crippen LogP contribution in [-0.4, -0.2) is 21.4 Å². The van der Waals surface area contributed by atoms with Crippen LogP contribution in [0.15, 0.2) is 54.9 Å². The van der Waals surface area contributed by atoms with Crippen molar-refractivity contribution in [3.8, 4) is 5.75 Å². The monoisotopic (exact) mass is 334 g/mol. The molecular weight excluding hydrogens is 312 g/mol. The van der Waals surface area contributed by atoms with Crippen LogP contribution in [0.2, 0.25) is 0 Å². The highest BCUT2D eigenvalue weighted by atomic mass is 16.5. The number of ether oxygens (including phenoxy) is 1. The van der Waals surface area contributed by atoms with Gasteiger partial charge in [-0.2, -0.15) is 10.1 Å². The van der Waals surface area contributed by atoms with E-state index in [2.05, 4.69) is 58.7 Å². The number of nitrogens with zero attached hydrogens (tertiary/aromatic N) is 3. The lowest BCUT2D eigenvalue weighted by atomic mass is 9.93. The third-order valence-electron chi connectivity index (χ3n) is 4.69. The molecule has 0 spiro atoms. The summed E-state index contributed by atoms with van der Waals surface area (Å²) in [5.41, 5.74) is 3.76. The van der Waals surface area contributed by atoms with Crippen LogP contribution in [-0.2, 0) is 0 Å². The van der Waals surface area contributed by atoms with Gasteiger partial charge in [0.05, 0.1) is 18.7 Å². The van der Waals surface area contributed by atoms with Gasteiger partial charge in [0.2, 0.25) is 5.95 Å². The van der Waals surface area contributed by atoms with Crippen molar-refractivity contribution in [2.45, 2.75) is 32.4 Å². The van der Waals surface area contributed by atoms with Crippen LogP contribution in [0.1, 0.15) is 42.1 Å². The first-order valence-corrected chi connectivity index (χ1v) is 8.70. The summed E-state index contributed by atoms with van der Waals surface area (Å²) in [5, 5.41) is 7.94. The van der Waals surface area contributed by atoms with Gasteiger partial charge in [0, 0.05) is 0 Å². The Morgan fingerprint density at radius 1 is 1.08 bits per heavy atom. The van der Waals surface area contributed by atoms with Crippen molar-refractivity contribution >= 4 is 5.95 Å². The maximum absolute atomic E-state index is 5.56. The first-order valence-electron chi connectivity index (χ1n) is 8.70. The Morgan fingerprint density at radius 3 is 2.52 bits per heavy atom. The number of hydrogen-bond acceptors (Lipinski definition) is 4. The summed E-state index contributed by atoms with van der Waals surface area (Å²) in [6.07, 6.45) is 2.54. The van der Waals surface area contributed by atoms with E-state index in [0.717, 1.165) is 18.1 Å². The van der Waals surface area contributed by atoms with E-state index < -0.39 is 0 Å². The molecule has 0 saturated heterocycles. The van der Waals surface area contributed by atoms with E-state index in [0.29, 0.717) is 6.61 Å². The number of fused-ring (bicyclic) bond motifs is 1. The van der Waals surface area contributed by atoms with Crippen LogP contribution >= 0.6 is 0 Å². The summed E-state index contributed by atoms with van der Waals surface area (Å²) in [6, 6.07) is 17.4. The summed E-state index contributed by atoms with van der Waals surface area (Å²) >= 11 is 0. The molecule has 2 atom stereocenters. The molecule has 5 heteroatoms. The zero-order valence-electron chi connectivity index (χ0n) is 14.5. The van der Waals surface area contributed by atoms with Gasteiger partial charge >= 0.3 is 0 Å². The smallest absolute Gasteiger partial charge is 0.222 e. The number of aromatic nitrogens is 3. The Hall–Kier alpha value is -2.82. The first-order chi connectivity index (χ1) is 12.2. The van der Waals surface area contributed by atoms with E-state index in [1.807, 2.05) is 23.7 Å². The third-order valence-corrected chi connectivity index (χ3v) is 4.69. The van der Waals surface area contributed by atoms with Crippen molar-refractivity contribution in [3.05, 3.63) is 71.5 Å². The highest BCUT2D eigenvalue weighted by Gasteiger charge is 2.29. The van der Waals surface area contributed by atoms with Gasteiger partial charge in [-0.05, 0) is 43.5 Å². The number of benzene rings is 2. The second-order valence-electron chi connectivity index (χ2n) is 6.39. The van der Waals surface area contributed by atoms with Crippen molar-refractivity contribution in [1.29, 1.82) is 0 Å². The van der Waals surface area contributed by atoms with Gasteiger partial charge in [-0.25, -0.2) is 4.68 Å². The van der Waals surface area contributed by atoms with Crippen LogP contribution in [0, 0.1) is 6.92 Å². The van der Waals surface area contributed by atoms with Crippen molar-refractivity contribution in [3.63, 3.8) is 0 Å². The number of rotatable bonds is 4. The van der Waals surface area contributed by atoms with E-state index in [-0.39, 0.29) is 12.1 Å². The fourth-order valence-corrected chi connectivity index (χ4v) is 3.37. The lowest BCUT2D eigenvalue weighted by molar-refractivity contribution is 0.340. The van der Waals surface area contributed by atoms with Crippen LogP contribution in [0.25, 0.3) is 0 Å². The second kappa shape index (κ2) is 6.59. The molecule has 5 nitrogen and oxygen atoms in total. The molecule has 0 amide bonds. The fourth-order valence-electron chi connectivity index (χ4n) is 3.37. The Kier molecular flexibility index (Phi) is 4.14. The summed E-state index contributed by atoms with van der Waals surface area (Å²) < 4.78 is 7.53. The molecule has 128 valence electrons. The maximum atomic E-state index is 5.56. The van der Waals surface area contributed by atoms with Crippen LogP contribution in [0.4, 0.5) is 5.95 Å². The molecule has 1 aliphatic heterocycles. The van der Waals surface area contributed by atoms with Crippen molar-refractivity contribution in [2.24, 2.45) is 0 Å². The van der Waals surface area contributed by atoms with Gasteiger partial charge in [-0.15, -0.1) is 0 Å². The van der Waals surface area contributed by atoms with Gasteiger partial charge < -0.3 is 10.1 Å². The van der Waals surface area contributed by atoms with E-state index in [1.54, 1.807) is 6.33 Å². The number of nitrogens with one attached hydrogen (secondary N) is 1. The molecule has 0 bridgehead atoms. The van der Waals surface area contributed by atoms with Gasteiger partial charge in [-0.1, -0.05) is 42.0 Å². The van der Waals surface area contributed by atoms with Crippen LogP contribution in [0.5, 0.6) is 5.75 Å². The molecule has 0 saturated carbocycles. The number of hydrogen-bond donors (Lipinski definition) is 1. The SMILES string of the molecule is CCOc1ccc([C@H]2C[C@@H](c3ccc(C)cc3)Nc3ncnn32)cc1. The quantitative estimate of drug-likeness (QED) is 0.779. The van der Waals surface area contributed by atoms with Gasteiger partial charge in [0.1, 0.15) is 12.1 Å². The normalized spacial score (nSPS) is 19.1. The minimum Gasteiger partial charge on any atom is -0.494 e. The topological polar surface area (TPSA) is 52.0 Å². The van der Waals surface area contributed by atoms with Crippen molar-refractivity contribution < 1.29 is 4.74 Å². The zero-order valence-corrected chi connectivity index (χ0v) is 14.5. The lowest BCUT2D eigenvalue weighted by Crippen LogP contribution is -2.28. The summed E-state index contributed by atoms with van der Waals surface area (Å²) in [5.74, 6) is 1.71. The zero-order chi connectivity index (χ0) is 17.2. The lowest BCUT2D eigenvalue weighted by Gasteiger charge is -2.32. The van der Waals surface area contributed by atoms with Gasteiger partial charge in [0.15, 0.2) is 0 Å². The van der Waals surface area contributed by atoms with Crippen molar-refractivity contribution in [2.75, 3.05) is 11.9 Å². The number of anilines is 1. The molecule has 3 aromatic rings. The highest BCUT2D eigenvalue weighted by molar-refractivity contribution is 5.39. The standard InChI is InChI=1S/C20H22N4O/c1-3-25-17-10-8-16(9-11-17)19-12-18(15-6-4-14(2)5-7-15)23-20-21-13-22-24(19)20/h4-11,13,18-19H,3,12H2,1-2H3,(H,21,22,23)/t18-,19+/m0/s1. The number of aryl methyl sites for hydroxylation is 1. The Bertz CT molecular complexity index is 839. The average Bonchev–Trinajstić information content (AvgIpc) is 3.11. The van der Waals surface area contributed by atoms with E-state index in [1.165, 1.54) is 16.7 Å². The molecule has 1 aliphatic rings. The highest BCUT2D eigenvalue weighted by Crippen LogP contribution is 2.37. The molecule has 4 rings (SSSR count). The molecule has 2 aromatic carbocycles. The molecule has 0 aliphatic carbocycles. The molecule has 0 unspecified atom stereocenters. The molecule has 25 heavy (non-hydrogen) atoms. The maximum Gasteiger partial charge on any atom is 0.222 e. The molecular formula is C20H22N4O. The molecule has 2 heterocycles. The Labute approximate surface area is 147 Å². The third kappa shape index (κ3) is 3.09. The van der Waals surface area contributed by atoms with Crippen molar-refractivity contribution in [1.82, 2.24) is 14.8 Å². The van der Waals surface area contributed by atoms with Crippen LogP contribution in [0.3, 0.4) is 0 Å². The predicted molar refractivity (Wildman–Crippen MR) is 97.9 cm³/mol. The minimum atomic E-state index is 0.153. The van der Waals surface area contributed by atoms with Crippen LogP contribution < -0.4 is 10.1 Å². The Morgan fingerprint density at radius 2 is 1.80 bits per heavy atom. The van der Waals surface area contributed by atoms with E-state index >= 15 is 0 Å². The largest absolute Gasteiger partial charge is 0.494 e. The molecule has 0 radical (unpaired) electrons. The Balaban J connectivity index is 1.65. The predicted octanol–water partition coefficient (Wildman–Crippen LogP) is 4.13. The van der Waals surface area contributed by atoms with Gasteiger partial charge in [-0.3, -0.25) is 0 Å². The minimum absolute atomic E-state index is 0.153. The first kappa shape index (κ1) is 15.7. The van der Waals surface area contributed by atoms with E-state index in [4.69, 9.17) is 4.74 Å². The van der Waals surface area contributed by atoms with Gasteiger partial charge in [0.25, 0.3) is 0 Å². The average molecular weight is 334 g/mol. The fraction of sp³-hybridized carbons (Fsp3) is 0.300. The summed E-state index contributed by atoms with van der Waals surface area (Å²) in [6.45, 7) is 4.78. The molecule has 1 N–H and O–H groups in total. The van der Waals surface area contributed by atoms with E-state index in [9.17, 15) is 0 Å². The molecule has 1 aromatic heterocycles. The second-order valence-corrected chi connectivity index (χ2v) is 6.39. The summed E-state index contributed by atoms with van der Waals surface area (Å²) in [4.78, 5) is 4.39. The molecule has 0 fully saturated rings. The summed E-state index contributed by atoms with van der Waals surface area (Å²) in [7, 11) is 0.